The van der Waals surface area contributed by atoms with Crippen molar-refractivity contribution in [2.24, 2.45) is 5.92 Å². The van der Waals surface area contributed by atoms with Gasteiger partial charge in [0.25, 0.3) is 0 Å². The van der Waals surface area contributed by atoms with Crippen molar-refractivity contribution in [3.63, 3.8) is 0 Å². The lowest BCUT2D eigenvalue weighted by atomic mass is 9.97. The molecule has 1 amide bonds. The molecule has 2 N–H and O–H groups in total. The Balaban J connectivity index is 2.41. The van der Waals surface area contributed by atoms with Crippen molar-refractivity contribution < 1.29 is 18.7 Å². The molecule has 5 heteroatoms. The Kier molecular flexibility index (Phi) is 4.47. The molecule has 1 rings (SSSR count). The highest BCUT2D eigenvalue weighted by Crippen LogP contribution is 2.38. The Morgan fingerprint density at radius 1 is 1.47 bits per heavy atom. The van der Waals surface area contributed by atoms with Crippen LogP contribution in [0.1, 0.15) is 46.0 Å². The molecule has 0 heterocycles. The minimum Gasteiger partial charge on any atom is -0.388 e. The Labute approximate surface area is 101 Å². The molecule has 0 bridgehead atoms. The predicted molar refractivity (Wildman–Crippen MR) is 60.8 cm³/mol. The monoisotopic (exact) mass is 249 g/mol. The van der Waals surface area contributed by atoms with Gasteiger partial charge in [-0.1, -0.05) is 13.8 Å². The second kappa shape index (κ2) is 5.29. The van der Waals surface area contributed by atoms with Crippen molar-refractivity contribution in [2.45, 2.75) is 57.5 Å². The van der Waals surface area contributed by atoms with Crippen LogP contribution in [-0.2, 0) is 4.79 Å². The lowest BCUT2D eigenvalue weighted by molar-refractivity contribution is -0.127. The second-order valence-corrected chi connectivity index (χ2v) is 4.94. The number of alkyl halides is 2. The first-order chi connectivity index (χ1) is 7.82. The van der Waals surface area contributed by atoms with Crippen LogP contribution in [0.5, 0.6) is 0 Å². The number of carbonyl (C=O) groups excluding carboxylic acids is 1. The zero-order chi connectivity index (χ0) is 13.1. The first-order valence-corrected chi connectivity index (χ1v) is 6.20. The number of rotatable bonds is 5. The number of carbonyl (C=O) groups is 1. The maximum Gasteiger partial charge on any atom is 0.248 e. The lowest BCUT2D eigenvalue weighted by Crippen LogP contribution is -2.43. The summed E-state index contributed by atoms with van der Waals surface area (Å²) in [5, 5.41) is 12.5. The molecular weight excluding hydrogens is 228 g/mol. The van der Waals surface area contributed by atoms with E-state index in [0.717, 1.165) is 0 Å². The van der Waals surface area contributed by atoms with Gasteiger partial charge in [0, 0.05) is 25.3 Å². The fourth-order valence-corrected chi connectivity index (χ4v) is 2.07. The summed E-state index contributed by atoms with van der Waals surface area (Å²) >= 11 is 0. The molecule has 0 aromatic heterocycles. The molecule has 0 saturated heterocycles. The summed E-state index contributed by atoms with van der Waals surface area (Å²) in [6.45, 7) is 3.81. The summed E-state index contributed by atoms with van der Waals surface area (Å²) in [5.74, 6) is -3.67. The molecule has 0 aromatic carbocycles. The highest BCUT2D eigenvalue weighted by atomic mass is 19.3. The molecule has 1 aliphatic rings. The lowest BCUT2D eigenvalue weighted by Gasteiger charge is -2.26. The molecule has 1 fully saturated rings. The second-order valence-electron chi connectivity index (χ2n) is 4.94. The highest BCUT2D eigenvalue weighted by Gasteiger charge is 2.42. The minimum atomic E-state index is -2.70. The van der Waals surface area contributed by atoms with Crippen molar-refractivity contribution in [1.82, 2.24) is 5.32 Å². The number of hydrogen-bond acceptors (Lipinski definition) is 2. The SMILES string of the molecule is CCC(O)(CC)CNC(=O)C1CCC(F)(F)C1. The molecular formula is C12H21F2NO2. The zero-order valence-electron chi connectivity index (χ0n) is 10.4. The van der Waals surface area contributed by atoms with E-state index in [4.69, 9.17) is 0 Å². The van der Waals surface area contributed by atoms with Gasteiger partial charge in [-0.15, -0.1) is 0 Å². The van der Waals surface area contributed by atoms with Gasteiger partial charge < -0.3 is 10.4 Å². The fraction of sp³-hybridized carbons (Fsp3) is 0.917. The normalized spacial score (nSPS) is 23.7. The topological polar surface area (TPSA) is 49.3 Å². The van der Waals surface area contributed by atoms with E-state index in [1.54, 1.807) is 0 Å². The minimum absolute atomic E-state index is 0.140. The van der Waals surface area contributed by atoms with E-state index in [1.807, 2.05) is 13.8 Å². The van der Waals surface area contributed by atoms with Crippen LogP contribution in [0.3, 0.4) is 0 Å². The molecule has 3 nitrogen and oxygen atoms in total. The quantitative estimate of drug-likeness (QED) is 0.783. The van der Waals surface area contributed by atoms with Gasteiger partial charge in [-0.25, -0.2) is 8.78 Å². The van der Waals surface area contributed by atoms with Crippen LogP contribution >= 0.6 is 0 Å². The van der Waals surface area contributed by atoms with E-state index < -0.39 is 17.4 Å². The third kappa shape index (κ3) is 3.91. The Bertz CT molecular complexity index is 278. The molecule has 1 aliphatic carbocycles. The third-order valence-electron chi connectivity index (χ3n) is 3.68. The van der Waals surface area contributed by atoms with Gasteiger partial charge in [-0.05, 0) is 19.3 Å². The number of aliphatic hydroxyl groups is 1. The fourth-order valence-electron chi connectivity index (χ4n) is 2.07. The van der Waals surface area contributed by atoms with E-state index in [0.29, 0.717) is 12.8 Å². The van der Waals surface area contributed by atoms with Crippen LogP contribution in [0.2, 0.25) is 0 Å². The summed E-state index contributed by atoms with van der Waals surface area (Å²) in [7, 11) is 0. The summed E-state index contributed by atoms with van der Waals surface area (Å²) in [6.07, 6.45) is 0.719. The summed E-state index contributed by atoms with van der Waals surface area (Å²) < 4.78 is 25.9. The number of halogens is 2. The van der Waals surface area contributed by atoms with E-state index in [-0.39, 0.29) is 31.7 Å². The summed E-state index contributed by atoms with van der Waals surface area (Å²) in [6, 6.07) is 0. The van der Waals surface area contributed by atoms with Gasteiger partial charge in [-0.3, -0.25) is 4.79 Å². The van der Waals surface area contributed by atoms with Gasteiger partial charge in [0.05, 0.1) is 5.60 Å². The molecule has 100 valence electrons. The maximum absolute atomic E-state index is 12.9. The first kappa shape index (κ1) is 14.4. The largest absolute Gasteiger partial charge is 0.388 e. The van der Waals surface area contributed by atoms with Crippen LogP contribution in [0.15, 0.2) is 0 Å². The van der Waals surface area contributed by atoms with Crippen LogP contribution < -0.4 is 5.32 Å². The molecule has 0 radical (unpaired) electrons. The van der Waals surface area contributed by atoms with Crippen LogP contribution in [0.25, 0.3) is 0 Å². The maximum atomic E-state index is 12.9. The van der Waals surface area contributed by atoms with Crippen molar-refractivity contribution in [1.29, 1.82) is 0 Å². The van der Waals surface area contributed by atoms with Crippen molar-refractivity contribution in [3.05, 3.63) is 0 Å². The summed E-state index contributed by atoms with van der Waals surface area (Å²) in [5.41, 5.74) is -0.920. The zero-order valence-corrected chi connectivity index (χ0v) is 10.4. The highest BCUT2D eigenvalue weighted by molar-refractivity contribution is 5.79. The molecule has 1 unspecified atom stereocenters. The Hall–Kier alpha value is -0.710. The first-order valence-electron chi connectivity index (χ1n) is 6.20. The number of amides is 1. The van der Waals surface area contributed by atoms with Gasteiger partial charge >= 0.3 is 0 Å². The molecule has 0 aliphatic heterocycles. The van der Waals surface area contributed by atoms with Gasteiger partial charge in [-0.2, -0.15) is 0 Å². The van der Waals surface area contributed by atoms with Gasteiger partial charge in [0.15, 0.2) is 0 Å². The van der Waals surface area contributed by atoms with Crippen LogP contribution in [0.4, 0.5) is 8.78 Å². The van der Waals surface area contributed by atoms with Crippen molar-refractivity contribution in [3.8, 4) is 0 Å². The van der Waals surface area contributed by atoms with Crippen molar-refractivity contribution in [2.75, 3.05) is 6.54 Å². The average Bonchev–Trinajstić information content (AvgIpc) is 2.66. The van der Waals surface area contributed by atoms with Gasteiger partial charge in [0.1, 0.15) is 0 Å². The number of hydrogen-bond donors (Lipinski definition) is 2. The average molecular weight is 249 g/mol. The third-order valence-corrected chi connectivity index (χ3v) is 3.68. The standard InChI is InChI=1S/C12H21F2NO2/c1-3-11(17,4-2)8-15-10(16)9-5-6-12(13,14)7-9/h9,17H,3-8H2,1-2H3,(H,15,16). The smallest absolute Gasteiger partial charge is 0.248 e. The summed E-state index contributed by atoms with van der Waals surface area (Å²) in [4.78, 5) is 11.7. The molecule has 1 atom stereocenters. The van der Waals surface area contributed by atoms with E-state index in [9.17, 15) is 18.7 Å². The molecule has 17 heavy (non-hydrogen) atoms. The van der Waals surface area contributed by atoms with Gasteiger partial charge in [0.2, 0.25) is 11.8 Å². The predicted octanol–water partition coefficient (Wildman–Crippen LogP) is 2.09. The molecule has 0 aromatic rings. The van der Waals surface area contributed by atoms with Crippen LogP contribution in [0, 0.1) is 5.92 Å². The Morgan fingerprint density at radius 3 is 2.47 bits per heavy atom. The van der Waals surface area contributed by atoms with E-state index in [2.05, 4.69) is 5.32 Å². The van der Waals surface area contributed by atoms with E-state index >= 15 is 0 Å². The van der Waals surface area contributed by atoms with Crippen molar-refractivity contribution >= 4 is 5.91 Å². The van der Waals surface area contributed by atoms with Crippen LogP contribution in [-0.4, -0.2) is 29.1 Å². The van der Waals surface area contributed by atoms with E-state index in [1.165, 1.54) is 0 Å². The molecule has 1 saturated carbocycles. The molecule has 0 spiro atoms. The number of nitrogens with one attached hydrogen (secondary N) is 1. The Morgan fingerprint density at radius 2 is 2.06 bits per heavy atom.